The van der Waals surface area contributed by atoms with Crippen LogP contribution in [-0.4, -0.2) is 22.4 Å². The van der Waals surface area contributed by atoms with E-state index < -0.39 is 10.2 Å². The molecular weight excluding hydrogens is 216 g/mol. The Morgan fingerprint density at radius 1 is 0.909 bits per heavy atom. The first kappa shape index (κ1) is 22.5. The average Bonchev–Trinajstić information content (AvgIpc) is 1.66. The summed E-state index contributed by atoms with van der Waals surface area (Å²) in [6.07, 6.45) is 0. The second-order valence-corrected chi connectivity index (χ2v) is 0.447. The molecule has 0 amide bonds. The van der Waals surface area contributed by atoms with Gasteiger partial charge in [0, 0.05) is 7.11 Å². The van der Waals surface area contributed by atoms with E-state index in [0.29, 0.717) is 0 Å². The molecule has 0 aromatic rings. The number of hydrogen-bond donors (Lipinski definition) is 1. The zero-order valence-corrected chi connectivity index (χ0v) is 6.03. The molecule has 0 aliphatic carbocycles. The minimum atomic E-state index is -1.75. The van der Waals surface area contributed by atoms with Crippen LogP contribution < -0.4 is 0 Å². The Bertz CT molecular complexity index is 74.4. The normalized spacial score (nSPS) is 4.91. The molecule has 0 atom stereocenters. The van der Waals surface area contributed by atoms with E-state index in [4.69, 9.17) is 35.7 Å². The van der Waals surface area contributed by atoms with Crippen LogP contribution in [0.2, 0.25) is 0 Å². The molecule has 0 saturated heterocycles. The van der Waals surface area contributed by atoms with E-state index in [2.05, 4.69) is 0 Å². The second-order valence-electron chi connectivity index (χ2n) is 0.447. The average molecular weight is 220 g/mol. The maximum atomic E-state index is 8.25. The Morgan fingerprint density at radius 3 is 0.909 bits per heavy atom. The molecule has 0 saturated carbocycles. The Hall–Kier alpha value is -1.12. The van der Waals surface area contributed by atoms with Gasteiger partial charge in [0.15, 0.2) is 0 Å². The van der Waals surface area contributed by atoms with E-state index in [1.165, 1.54) is 0 Å². The molecule has 0 heterocycles. The third-order valence-electron chi connectivity index (χ3n) is 0. The fourth-order valence-electron chi connectivity index (χ4n) is 0. The van der Waals surface area contributed by atoms with Crippen LogP contribution in [0.15, 0.2) is 0 Å². The third kappa shape index (κ3) is 335. The summed E-state index contributed by atoms with van der Waals surface area (Å²) in [7, 11) is 1.00. The van der Waals surface area contributed by atoms with Gasteiger partial charge in [0.2, 0.25) is 0 Å². The van der Waals surface area contributed by atoms with Gasteiger partial charge in [0.1, 0.15) is 0 Å². The molecule has 0 aromatic heterocycles. The van der Waals surface area contributed by atoms with Crippen molar-refractivity contribution in [3.8, 4) is 0 Å². The first-order chi connectivity index (χ1) is 4.46. The number of hydrogen-bond acceptors (Lipinski definition) is 7. The molecule has 1 N–H and O–H groups in total. The molecule has 9 nitrogen and oxygen atoms in total. The molecule has 0 spiro atoms. The van der Waals surface area contributed by atoms with Crippen LogP contribution in [0.1, 0.15) is 0 Å². The van der Waals surface area contributed by atoms with E-state index in [9.17, 15) is 0 Å². The molecule has 0 aliphatic heterocycles. The zero-order chi connectivity index (χ0) is 9.15. The number of rotatable bonds is 0. The van der Waals surface area contributed by atoms with E-state index in [-0.39, 0.29) is 17.1 Å². The minimum Gasteiger partial charge on any atom is -0.400 e. The molecule has 1 radical (unpaired) electrons. The largest absolute Gasteiger partial charge is 2.00 e. The van der Waals surface area contributed by atoms with Gasteiger partial charge in [-0.3, -0.25) is 0 Å². The first-order valence-electron chi connectivity index (χ1n) is 1.54. The Kier molecular flexibility index (Phi) is 47.4. The van der Waals surface area contributed by atoms with E-state index >= 15 is 0 Å². The van der Waals surface area contributed by atoms with Crippen LogP contribution in [0.4, 0.5) is 0 Å². The van der Waals surface area contributed by atoms with Crippen molar-refractivity contribution in [2.24, 2.45) is 0 Å². The maximum absolute atomic E-state index is 8.25. The Morgan fingerprint density at radius 2 is 0.909 bits per heavy atom. The van der Waals surface area contributed by atoms with Crippen LogP contribution in [0.5, 0.6) is 0 Å². The molecular formula is CH4CuN2O7. The predicted molar refractivity (Wildman–Crippen MR) is 28.9 cm³/mol. The molecule has 0 fully saturated rings. The molecule has 0 aromatic carbocycles. The topological polar surface area (TPSA) is 153 Å². The van der Waals surface area contributed by atoms with Gasteiger partial charge in [-0.2, -0.15) is 0 Å². The van der Waals surface area contributed by atoms with Crippen LogP contribution in [0.3, 0.4) is 0 Å². The summed E-state index contributed by atoms with van der Waals surface area (Å²) in [5.41, 5.74) is 0. The fraction of sp³-hybridized carbons (Fsp3) is 1.00. The van der Waals surface area contributed by atoms with Crippen molar-refractivity contribution >= 4 is 0 Å². The quantitative estimate of drug-likeness (QED) is 0.315. The van der Waals surface area contributed by atoms with Crippen molar-refractivity contribution in [2.45, 2.75) is 0 Å². The summed E-state index contributed by atoms with van der Waals surface area (Å²) in [6, 6.07) is 0. The molecule has 0 rings (SSSR count). The summed E-state index contributed by atoms with van der Waals surface area (Å²) in [5, 5.41) is 36.5. The minimum absolute atomic E-state index is 0. The monoisotopic (exact) mass is 219 g/mol. The van der Waals surface area contributed by atoms with Gasteiger partial charge in [-0.05, 0) is 0 Å². The van der Waals surface area contributed by atoms with Crippen molar-refractivity contribution in [1.82, 2.24) is 0 Å². The van der Waals surface area contributed by atoms with E-state index in [1.807, 2.05) is 0 Å². The van der Waals surface area contributed by atoms with Crippen LogP contribution in [0, 0.1) is 30.6 Å². The van der Waals surface area contributed by atoms with Gasteiger partial charge in [0.05, 0.1) is 10.2 Å². The second kappa shape index (κ2) is 23.2. The summed E-state index contributed by atoms with van der Waals surface area (Å²) >= 11 is 0. The van der Waals surface area contributed by atoms with Gasteiger partial charge < -0.3 is 35.7 Å². The molecule has 71 valence electrons. The first-order valence-corrected chi connectivity index (χ1v) is 1.54. The van der Waals surface area contributed by atoms with Crippen LogP contribution in [0.25, 0.3) is 0 Å². The van der Waals surface area contributed by atoms with Gasteiger partial charge in [-0.15, -0.1) is 0 Å². The molecule has 0 unspecified atom stereocenters. The van der Waals surface area contributed by atoms with E-state index in [1.54, 1.807) is 0 Å². The van der Waals surface area contributed by atoms with Gasteiger partial charge >= 0.3 is 17.1 Å². The summed E-state index contributed by atoms with van der Waals surface area (Å²) in [5.74, 6) is 0. The summed E-state index contributed by atoms with van der Waals surface area (Å²) < 4.78 is 0. The standard InChI is InChI=1S/CH4O.Cu.2NO3/c1-2;;2*2-1(3)4/h2H,1H3;;;/q;+2;2*-1. The van der Waals surface area contributed by atoms with Crippen molar-refractivity contribution in [3.05, 3.63) is 30.6 Å². The fourth-order valence-corrected chi connectivity index (χ4v) is 0. The SMILES string of the molecule is CO.O=[N+]([O-])[O-].O=[N+]([O-])[O-].[Cu+2]. The Balaban J connectivity index is -0.0000000339. The maximum Gasteiger partial charge on any atom is 2.00 e. The molecule has 0 bridgehead atoms. The van der Waals surface area contributed by atoms with Gasteiger partial charge in [-0.1, -0.05) is 0 Å². The van der Waals surface area contributed by atoms with E-state index in [0.717, 1.165) is 7.11 Å². The zero-order valence-electron chi connectivity index (χ0n) is 5.09. The number of aliphatic hydroxyl groups is 1. The summed E-state index contributed by atoms with van der Waals surface area (Å²) in [6.45, 7) is 0. The smallest absolute Gasteiger partial charge is 0.400 e. The van der Waals surface area contributed by atoms with Gasteiger partial charge in [-0.25, -0.2) is 0 Å². The Labute approximate surface area is 70.9 Å². The molecule has 0 aliphatic rings. The molecule has 11 heavy (non-hydrogen) atoms. The van der Waals surface area contributed by atoms with Crippen molar-refractivity contribution in [3.63, 3.8) is 0 Å². The van der Waals surface area contributed by atoms with Crippen LogP contribution >= 0.6 is 0 Å². The van der Waals surface area contributed by atoms with Crippen molar-refractivity contribution in [2.75, 3.05) is 7.11 Å². The van der Waals surface area contributed by atoms with Gasteiger partial charge in [0.25, 0.3) is 0 Å². The van der Waals surface area contributed by atoms with Crippen LogP contribution in [-0.2, 0) is 17.1 Å². The number of nitrogens with zero attached hydrogens (tertiary/aromatic N) is 2. The van der Waals surface area contributed by atoms with Crippen molar-refractivity contribution in [1.29, 1.82) is 0 Å². The summed E-state index contributed by atoms with van der Waals surface area (Å²) in [4.78, 5) is 16.5. The number of aliphatic hydroxyl groups excluding tert-OH is 1. The third-order valence-corrected chi connectivity index (χ3v) is 0. The molecule has 10 heteroatoms. The predicted octanol–water partition coefficient (Wildman–Crippen LogP) is -0.872. The van der Waals surface area contributed by atoms with Crippen molar-refractivity contribution < 1.29 is 32.3 Å².